The monoisotopic (exact) mass is 427 g/mol. The lowest BCUT2D eigenvalue weighted by Gasteiger charge is -2.40. The molecule has 3 N–H and O–H groups in total. The van der Waals surface area contributed by atoms with Gasteiger partial charge in [0.05, 0.1) is 23.7 Å². The number of rotatable bonds is 8. The quantitative estimate of drug-likeness (QED) is 0.315. The molecule has 1 heterocycles. The van der Waals surface area contributed by atoms with Crippen LogP contribution in [0.2, 0.25) is 0 Å². The number of ether oxygens (including phenoxy) is 1. The molecular weight excluding hydrogens is 402 g/mol. The van der Waals surface area contributed by atoms with Crippen molar-refractivity contribution in [3.05, 3.63) is 24.3 Å². The fraction of sp³-hybridized carbons (Fsp3) is 0.500. The van der Waals surface area contributed by atoms with E-state index in [1.807, 2.05) is 0 Å². The Morgan fingerprint density at radius 2 is 1.90 bits per heavy atom. The third-order valence-corrected chi connectivity index (χ3v) is 7.10. The summed E-state index contributed by atoms with van der Waals surface area (Å²) in [7, 11) is -2.62. The Labute approximate surface area is 169 Å². The number of urea groups is 1. The number of imide groups is 1. The Hall–Kier alpha value is -2.66. The van der Waals surface area contributed by atoms with Crippen LogP contribution in [0.25, 0.3) is 0 Å². The van der Waals surface area contributed by atoms with Crippen molar-refractivity contribution in [2.75, 3.05) is 12.9 Å². The van der Waals surface area contributed by atoms with Gasteiger partial charge < -0.3 is 9.64 Å². The minimum absolute atomic E-state index is 0.0857. The summed E-state index contributed by atoms with van der Waals surface area (Å²) in [4.78, 5) is 38.6. The summed E-state index contributed by atoms with van der Waals surface area (Å²) in [5.74, 6) is -3.79. The SMILES string of the molecule is CCC(C)N1C(=O)NC(=O)C1(C)C(CS(=O)(=O)c1ccc(OC)cc1)C(=O)NO. The van der Waals surface area contributed by atoms with Gasteiger partial charge in [-0.05, 0) is 44.5 Å². The lowest BCUT2D eigenvalue weighted by atomic mass is 9.83. The Morgan fingerprint density at radius 1 is 1.31 bits per heavy atom. The fourth-order valence-electron chi connectivity index (χ4n) is 3.44. The van der Waals surface area contributed by atoms with Gasteiger partial charge in [-0.25, -0.2) is 18.7 Å². The van der Waals surface area contributed by atoms with Gasteiger partial charge in [0.2, 0.25) is 5.91 Å². The smallest absolute Gasteiger partial charge is 0.325 e. The van der Waals surface area contributed by atoms with E-state index in [1.54, 1.807) is 13.8 Å². The molecule has 0 aromatic heterocycles. The molecule has 0 saturated carbocycles. The van der Waals surface area contributed by atoms with Crippen molar-refractivity contribution in [2.45, 2.75) is 43.7 Å². The molecule has 1 aromatic carbocycles. The molecule has 4 amide bonds. The molecule has 0 radical (unpaired) electrons. The van der Waals surface area contributed by atoms with Crippen LogP contribution in [0.1, 0.15) is 27.2 Å². The fourth-order valence-corrected chi connectivity index (χ4v) is 5.10. The van der Waals surface area contributed by atoms with Crippen molar-refractivity contribution < 1.29 is 32.7 Å². The van der Waals surface area contributed by atoms with Crippen LogP contribution >= 0.6 is 0 Å². The van der Waals surface area contributed by atoms with Crippen molar-refractivity contribution in [2.24, 2.45) is 5.92 Å². The average molecular weight is 427 g/mol. The number of nitrogens with zero attached hydrogens (tertiary/aromatic N) is 1. The maximum Gasteiger partial charge on any atom is 0.325 e. The molecule has 0 spiro atoms. The second kappa shape index (κ2) is 8.37. The predicted octanol–water partition coefficient (Wildman–Crippen LogP) is 0.700. The maximum absolute atomic E-state index is 13.0. The zero-order valence-corrected chi connectivity index (χ0v) is 17.4. The highest BCUT2D eigenvalue weighted by Gasteiger charge is 2.58. The Morgan fingerprint density at radius 3 is 2.38 bits per heavy atom. The number of methoxy groups -OCH3 is 1. The van der Waals surface area contributed by atoms with E-state index in [1.165, 1.54) is 48.7 Å². The van der Waals surface area contributed by atoms with Crippen LogP contribution in [-0.2, 0) is 19.4 Å². The molecule has 3 atom stereocenters. The first-order chi connectivity index (χ1) is 13.5. The van der Waals surface area contributed by atoms with Crippen LogP contribution in [0.5, 0.6) is 5.75 Å². The van der Waals surface area contributed by atoms with Crippen LogP contribution in [0.15, 0.2) is 29.2 Å². The molecule has 29 heavy (non-hydrogen) atoms. The topological polar surface area (TPSA) is 142 Å². The summed E-state index contributed by atoms with van der Waals surface area (Å²) in [6, 6.07) is 4.36. The second-order valence-electron chi connectivity index (χ2n) is 7.02. The zero-order valence-electron chi connectivity index (χ0n) is 16.6. The number of hydroxylamine groups is 1. The summed E-state index contributed by atoms with van der Waals surface area (Å²) in [5, 5.41) is 11.4. The molecule has 1 aromatic rings. The van der Waals surface area contributed by atoms with E-state index in [0.717, 1.165) is 0 Å². The predicted molar refractivity (Wildman–Crippen MR) is 102 cm³/mol. The Bertz CT molecular complexity index is 901. The zero-order chi connectivity index (χ0) is 22.0. The minimum Gasteiger partial charge on any atom is -0.497 e. The van der Waals surface area contributed by atoms with Crippen molar-refractivity contribution in [3.63, 3.8) is 0 Å². The molecule has 0 aliphatic carbocycles. The molecule has 1 saturated heterocycles. The maximum atomic E-state index is 13.0. The number of carbonyl (C=O) groups is 3. The van der Waals surface area contributed by atoms with Gasteiger partial charge in [-0.2, -0.15) is 0 Å². The highest BCUT2D eigenvalue weighted by molar-refractivity contribution is 7.91. The molecule has 0 bridgehead atoms. The average Bonchev–Trinajstić information content (AvgIpc) is 2.93. The standard InChI is InChI=1S/C18H25N3O7S/c1-5-11(2)21-17(24)19-16(23)18(21,3)14(15(22)20-25)10-29(26,27)13-8-6-12(28-4)7-9-13/h6-9,11,14,25H,5,10H2,1-4H3,(H,20,22)(H,19,23,24). The van der Waals surface area contributed by atoms with Crippen LogP contribution in [0.3, 0.4) is 0 Å². The summed E-state index contributed by atoms with van der Waals surface area (Å²) >= 11 is 0. The van der Waals surface area contributed by atoms with Gasteiger partial charge in [-0.3, -0.25) is 20.1 Å². The van der Waals surface area contributed by atoms with Gasteiger partial charge in [0, 0.05) is 6.04 Å². The summed E-state index contributed by atoms with van der Waals surface area (Å²) < 4.78 is 30.9. The Kier molecular flexibility index (Phi) is 6.53. The van der Waals surface area contributed by atoms with Crippen molar-refractivity contribution in [1.29, 1.82) is 0 Å². The van der Waals surface area contributed by atoms with E-state index in [9.17, 15) is 28.0 Å². The molecule has 1 aliphatic heterocycles. The third-order valence-electron chi connectivity index (χ3n) is 5.34. The summed E-state index contributed by atoms with van der Waals surface area (Å²) in [6.07, 6.45) is 0.467. The second-order valence-corrected chi connectivity index (χ2v) is 9.05. The van der Waals surface area contributed by atoms with Crippen LogP contribution in [-0.4, -0.2) is 60.8 Å². The normalized spacial score (nSPS) is 21.5. The lowest BCUT2D eigenvalue weighted by Crippen LogP contribution is -2.61. The van der Waals surface area contributed by atoms with E-state index in [2.05, 4.69) is 5.32 Å². The van der Waals surface area contributed by atoms with E-state index >= 15 is 0 Å². The van der Waals surface area contributed by atoms with Crippen molar-refractivity contribution >= 4 is 27.7 Å². The van der Waals surface area contributed by atoms with Crippen molar-refractivity contribution in [1.82, 2.24) is 15.7 Å². The lowest BCUT2D eigenvalue weighted by molar-refractivity contribution is -0.143. The molecular formula is C18H25N3O7S. The number of hydrogen-bond donors (Lipinski definition) is 3. The molecule has 1 aliphatic rings. The number of hydrogen-bond acceptors (Lipinski definition) is 7. The van der Waals surface area contributed by atoms with Gasteiger partial charge in [-0.15, -0.1) is 0 Å². The minimum atomic E-state index is -4.06. The van der Waals surface area contributed by atoms with E-state index in [4.69, 9.17) is 4.74 Å². The molecule has 160 valence electrons. The first-order valence-electron chi connectivity index (χ1n) is 8.98. The van der Waals surface area contributed by atoms with Crippen LogP contribution < -0.4 is 15.5 Å². The number of amides is 4. The molecule has 1 fully saturated rings. The largest absolute Gasteiger partial charge is 0.497 e. The van der Waals surface area contributed by atoms with E-state index < -0.39 is 50.9 Å². The first-order valence-corrected chi connectivity index (χ1v) is 10.6. The van der Waals surface area contributed by atoms with Crippen LogP contribution in [0, 0.1) is 5.92 Å². The van der Waals surface area contributed by atoms with Gasteiger partial charge in [0.25, 0.3) is 5.91 Å². The molecule has 11 heteroatoms. The van der Waals surface area contributed by atoms with E-state index in [0.29, 0.717) is 12.2 Å². The Balaban J connectivity index is 2.51. The third kappa shape index (κ3) is 4.06. The number of nitrogens with one attached hydrogen (secondary N) is 2. The number of sulfone groups is 1. The highest BCUT2D eigenvalue weighted by Crippen LogP contribution is 2.35. The first kappa shape index (κ1) is 22.6. The van der Waals surface area contributed by atoms with Gasteiger partial charge >= 0.3 is 6.03 Å². The van der Waals surface area contributed by atoms with E-state index in [-0.39, 0.29) is 4.90 Å². The van der Waals surface area contributed by atoms with Gasteiger partial charge in [0.1, 0.15) is 11.3 Å². The highest BCUT2D eigenvalue weighted by atomic mass is 32.2. The number of benzene rings is 1. The van der Waals surface area contributed by atoms with Gasteiger partial charge in [0.15, 0.2) is 9.84 Å². The van der Waals surface area contributed by atoms with Crippen molar-refractivity contribution in [3.8, 4) is 5.75 Å². The molecule has 10 nitrogen and oxygen atoms in total. The molecule has 2 rings (SSSR count). The molecule has 3 unspecified atom stereocenters. The van der Waals surface area contributed by atoms with Gasteiger partial charge in [-0.1, -0.05) is 6.92 Å². The summed E-state index contributed by atoms with van der Waals surface area (Å²) in [5.41, 5.74) is -0.376. The number of carbonyl (C=O) groups excluding carboxylic acids is 3. The van der Waals surface area contributed by atoms with Crippen LogP contribution in [0.4, 0.5) is 4.79 Å². The summed E-state index contributed by atoms with van der Waals surface area (Å²) in [6.45, 7) is 4.79.